The van der Waals surface area contributed by atoms with Gasteiger partial charge in [-0.2, -0.15) is 0 Å². The van der Waals surface area contributed by atoms with Crippen LogP contribution in [0.25, 0.3) is 0 Å². The van der Waals surface area contributed by atoms with Gasteiger partial charge in [0.2, 0.25) is 0 Å². The molecule has 2 heterocycles. The molecule has 2 rings (SSSR count). The topological polar surface area (TPSA) is 23.6 Å². The van der Waals surface area contributed by atoms with Gasteiger partial charge in [0.15, 0.2) is 5.78 Å². The lowest BCUT2D eigenvalue weighted by Gasteiger charge is -2.26. The van der Waals surface area contributed by atoms with Gasteiger partial charge in [-0.25, -0.2) is 0 Å². The minimum absolute atomic E-state index is 0.207. The molecule has 1 aliphatic heterocycles. The van der Waals surface area contributed by atoms with Crippen molar-refractivity contribution in [3.63, 3.8) is 0 Å². The number of likely N-dealkylation sites (N-methyl/N-ethyl adjacent to an activating group) is 1. The van der Waals surface area contributed by atoms with Crippen molar-refractivity contribution in [3.05, 3.63) is 19.2 Å². The summed E-state index contributed by atoms with van der Waals surface area (Å²) < 4.78 is 1.92. The van der Waals surface area contributed by atoms with Gasteiger partial charge in [0.1, 0.15) is 0 Å². The third-order valence-electron chi connectivity index (χ3n) is 3.90. The van der Waals surface area contributed by atoms with Crippen LogP contribution in [0, 0.1) is 0 Å². The lowest BCUT2D eigenvalue weighted by Crippen LogP contribution is -2.38. The number of ketones is 1. The normalized spacial score (nSPS) is 19.9. The van der Waals surface area contributed by atoms with E-state index in [1.807, 2.05) is 6.07 Å². The first-order valence-corrected chi connectivity index (χ1v) is 9.39. The van der Waals surface area contributed by atoms with Gasteiger partial charge in [-0.1, -0.05) is 13.8 Å². The van der Waals surface area contributed by atoms with Crippen LogP contribution in [0.5, 0.6) is 0 Å². The number of Topliss-reactive ketones (excluding diaryl/α,β-unsaturated/α-hetero) is 1. The van der Waals surface area contributed by atoms with E-state index in [0.29, 0.717) is 12.6 Å². The fourth-order valence-corrected chi connectivity index (χ4v) is 5.67. The number of hydrogen-bond acceptors (Lipinski definition) is 4. The molecular formula is C14H20Br2N2OS. The summed E-state index contributed by atoms with van der Waals surface area (Å²) in [5.74, 6) is 0.207. The van der Waals surface area contributed by atoms with E-state index in [4.69, 9.17) is 0 Å². The van der Waals surface area contributed by atoms with Crippen LogP contribution in [-0.2, 0) is 0 Å². The molecule has 0 saturated carbocycles. The number of rotatable bonds is 6. The predicted molar refractivity (Wildman–Crippen MR) is 91.8 cm³/mol. The zero-order chi connectivity index (χ0) is 14.7. The van der Waals surface area contributed by atoms with Gasteiger partial charge in [0.25, 0.3) is 0 Å². The maximum atomic E-state index is 12.4. The fraction of sp³-hybridized carbons (Fsp3) is 0.643. The second-order valence-electron chi connectivity index (χ2n) is 5.06. The summed E-state index contributed by atoms with van der Waals surface area (Å²) >= 11 is 8.45. The molecule has 1 aliphatic rings. The van der Waals surface area contributed by atoms with E-state index in [0.717, 1.165) is 39.3 Å². The van der Waals surface area contributed by atoms with Gasteiger partial charge >= 0.3 is 0 Å². The third-order valence-corrected chi connectivity index (χ3v) is 6.24. The molecule has 0 aliphatic carbocycles. The third kappa shape index (κ3) is 3.91. The SMILES string of the molecule is CCN(CC)C1CCN(CC(=O)c2cc(Br)sc2Br)C1. The number of thiophene rings is 1. The lowest BCUT2D eigenvalue weighted by atomic mass is 10.2. The Bertz CT molecular complexity index is 474. The van der Waals surface area contributed by atoms with Gasteiger partial charge < -0.3 is 0 Å². The Kier molecular flexibility index (Phi) is 6.23. The molecule has 6 heteroatoms. The summed E-state index contributed by atoms with van der Waals surface area (Å²) in [5.41, 5.74) is 0.799. The quantitative estimate of drug-likeness (QED) is 0.648. The molecule has 1 aromatic heterocycles. The molecule has 3 nitrogen and oxygen atoms in total. The van der Waals surface area contributed by atoms with Gasteiger partial charge in [0, 0.05) is 24.7 Å². The molecule has 1 unspecified atom stereocenters. The summed E-state index contributed by atoms with van der Waals surface area (Å²) in [5, 5.41) is 0. The molecule has 0 bridgehead atoms. The standard InChI is InChI=1S/C14H20Br2N2OS/c1-3-18(4-2)10-5-6-17(8-10)9-12(19)11-7-13(15)20-14(11)16/h7,10H,3-6,8-9H2,1-2H3. The van der Waals surface area contributed by atoms with Crippen LogP contribution in [-0.4, -0.2) is 54.3 Å². The minimum atomic E-state index is 0.207. The second kappa shape index (κ2) is 7.49. The molecule has 20 heavy (non-hydrogen) atoms. The highest BCUT2D eigenvalue weighted by Crippen LogP contribution is 2.32. The Hall–Kier alpha value is 0.250. The summed E-state index contributed by atoms with van der Waals surface area (Å²) in [4.78, 5) is 17.1. The summed E-state index contributed by atoms with van der Waals surface area (Å²) in [6.07, 6.45) is 1.17. The summed E-state index contributed by atoms with van der Waals surface area (Å²) in [6.45, 7) is 9.15. The van der Waals surface area contributed by atoms with E-state index >= 15 is 0 Å². The molecule has 1 aromatic rings. The van der Waals surface area contributed by atoms with Crippen molar-refractivity contribution in [2.45, 2.75) is 26.3 Å². The molecular weight excluding hydrogens is 404 g/mol. The van der Waals surface area contributed by atoms with Crippen LogP contribution in [0.1, 0.15) is 30.6 Å². The molecule has 0 radical (unpaired) electrons. The van der Waals surface area contributed by atoms with Crippen LogP contribution < -0.4 is 0 Å². The van der Waals surface area contributed by atoms with E-state index in [1.54, 1.807) is 11.3 Å². The lowest BCUT2D eigenvalue weighted by molar-refractivity contribution is 0.0939. The number of nitrogens with zero attached hydrogens (tertiary/aromatic N) is 2. The van der Waals surface area contributed by atoms with Crippen LogP contribution in [0.2, 0.25) is 0 Å². The largest absolute Gasteiger partial charge is 0.300 e. The second-order valence-corrected chi connectivity index (χ2v) is 8.81. The van der Waals surface area contributed by atoms with E-state index in [-0.39, 0.29) is 5.78 Å². The van der Waals surface area contributed by atoms with E-state index in [2.05, 4.69) is 55.5 Å². The number of hydrogen-bond donors (Lipinski definition) is 0. The molecule has 0 N–H and O–H groups in total. The van der Waals surface area contributed by atoms with E-state index in [1.165, 1.54) is 6.42 Å². The average molecular weight is 424 g/mol. The number of halogens is 2. The van der Waals surface area contributed by atoms with Gasteiger partial charge in [-0.05, 0) is 57.4 Å². The number of carbonyl (C=O) groups is 1. The highest BCUT2D eigenvalue weighted by molar-refractivity contribution is 9.12. The molecule has 1 saturated heterocycles. The predicted octanol–water partition coefficient (Wildman–Crippen LogP) is 3.87. The van der Waals surface area contributed by atoms with Crippen LogP contribution >= 0.6 is 43.2 Å². The smallest absolute Gasteiger partial charge is 0.178 e. The van der Waals surface area contributed by atoms with Crippen molar-refractivity contribution in [1.29, 1.82) is 0 Å². The van der Waals surface area contributed by atoms with Gasteiger partial charge in [-0.3, -0.25) is 14.6 Å². The average Bonchev–Trinajstić information content (AvgIpc) is 2.98. The van der Waals surface area contributed by atoms with E-state index in [9.17, 15) is 4.79 Å². The van der Waals surface area contributed by atoms with Gasteiger partial charge in [0.05, 0.1) is 14.1 Å². The molecule has 1 atom stereocenters. The van der Waals surface area contributed by atoms with Crippen molar-refractivity contribution in [1.82, 2.24) is 9.80 Å². The monoisotopic (exact) mass is 422 g/mol. The molecule has 0 amide bonds. The highest BCUT2D eigenvalue weighted by atomic mass is 79.9. The van der Waals surface area contributed by atoms with Crippen molar-refractivity contribution < 1.29 is 4.79 Å². The number of likely N-dealkylation sites (tertiary alicyclic amines) is 1. The molecule has 0 spiro atoms. The van der Waals surface area contributed by atoms with Gasteiger partial charge in [-0.15, -0.1) is 11.3 Å². The van der Waals surface area contributed by atoms with Crippen LogP contribution in [0.4, 0.5) is 0 Å². The Morgan fingerprint density at radius 3 is 2.70 bits per heavy atom. The zero-order valence-electron chi connectivity index (χ0n) is 11.9. The maximum absolute atomic E-state index is 12.4. The fourth-order valence-electron chi connectivity index (χ4n) is 2.81. The van der Waals surface area contributed by atoms with Crippen LogP contribution in [0.15, 0.2) is 13.6 Å². The molecule has 0 aromatic carbocycles. The van der Waals surface area contributed by atoms with Crippen molar-refractivity contribution in [2.75, 3.05) is 32.7 Å². The van der Waals surface area contributed by atoms with Crippen molar-refractivity contribution >= 4 is 49.0 Å². The zero-order valence-corrected chi connectivity index (χ0v) is 15.9. The Morgan fingerprint density at radius 2 is 2.15 bits per heavy atom. The first-order valence-electron chi connectivity index (χ1n) is 6.99. The summed E-state index contributed by atoms with van der Waals surface area (Å²) in [7, 11) is 0. The summed E-state index contributed by atoms with van der Waals surface area (Å²) in [6, 6.07) is 2.52. The molecule has 112 valence electrons. The molecule has 1 fully saturated rings. The highest BCUT2D eigenvalue weighted by Gasteiger charge is 2.28. The Labute approximate surface area is 141 Å². The Balaban J connectivity index is 1.92. The van der Waals surface area contributed by atoms with Crippen molar-refractivity contribution in [2.24, 2.45) is 0 Å². The first kappa shape index (κ1) is 16.6. The van der Waals surface area contributed by atoms with Crippen molar-refractivity contribution in [3.8, 4) is 0 Å². The van der Waals surface area contributed by atoms with E-state index < -0.39 is 0 Å². The Morgan fingerprint density at radius 1 is 1.45 bits per heavy atom. The minimum Gasteiger partial charge on any atom is -0.300 e. The number of carbonyl (C=O) groups excluding carboxylic acids is 1. The first-order chi connectivity index (χ1) is 9.55. The maximum Gasteiger partial charge on any atom is 0.178 e. The van der Waals surface area contributed by atoms with Crippen LogP contribution in [0.3, 0.4) is 0 Å².